The second-order valence-electron chi connectivity index (χ2n) is 8.87. The largest absolute Gasteiger partial charge is 0.451 e. The Balaban J connectivity index is 1.30. The average Bonchev–Trinajstić information content (AvgIpc) is 3.21. The van der Waals surface area contributed by atoms with Gasteiger partial charge in [0.2, 0.25) is 0 Å². The number of fused-ring (bicyclic) bond motifs is 2. The van der Waals surface area contributed by atoms with Crippen LogP contribution in [0.25, 0.3) is 11.0 Å². The molecule has 2 aromatic carbocycles. The molecule has 3 heterocycles. The van der Waals surface area contributed by atoms with Crippen molar-refractivity contribution in [3.63, 3.8) is 0 Å². The highest BCUT2D eigenvalue weighted by Crippen LogP contribution is 2.38. The molecule has 0 aliphatic carbocycles. The molecule has 0 unspecified atom stereocenters. The molecule has 166 valence electrons. The van der Waals surface area contributed by atoms with Gasteiger partial charge in [0.25, 0.3) is 11.7 Å². The van der Waals surface area contributed by atoms with E-state index in [4.69, 9.17) is 9.47 Å². The van der Waals surface area contributed by atoms with Gasteiger partial charge >= 0.3 is 5.97 Å². The maximum absolute atomic E-state index is 13.1. The van der Waals surface area contributed by atoms with Crippen molar-refractivity contribution in [3.8, 4) is 5.75 Å². The van der Waals surface area contributed by atoms with Gasteiger partial charge in [-0.05, 0) is 41.8 Å². The Morgan fingerprint density at radius 3 is 2.66 bits per heavy atom. The van der Waals surface area contributed by atoms with Crippen molar-refractivity contribution >= 4 is 22.9 Å². The van der Waals surface area contributed by atoms with Crippen LogP contribution in [0.2, 0.25) is 0 Å². The lowest BCUT2D eigenvalue weighted by Gasteiger charge is -2.43. The van der Waals surface area contributed by atoms with Gasteiger partial charge in [-0.1, -0.05) is 26.8 Å². The van der Waals surface area contributed by atoms with Crippen LogP contribution in [0, 0.1) is 0 Å². The van der Waals surface area contributed by atoms with Crippen LogP contribution in [0.3, 0.4) is 0 Å². The molecule has 1 fully saturated rings. The minimum Gasteiger partial charge on any atom is -0.451 e. The van der Waals surface area contributed by atoms with E-state index in [1.165, 1.54) is 0 Å². The maximum atomic E-state index is 13.1. The Labute approximate surface area is 186 Å². The predicted octanol–water partition coefficient (Wildman–Crippen LogP) is 4.43. The standard InChI is InChI=1S/C25H27N3O4/c1-4-22-26-19-7-5-17(14-20(19)27-22)23(29)28-11-9-25(10-12-28)31-21-8-6-16(15(2)3)13-18(21)24(30)32-25/h5-8,13-15H,4,9-12H2,1-3H3,(H,26,27). The number of piperidine rings is 1. The number of carbonyl (C=O) groups excluding carboxylic acids is 2. The highest BCUT2D eigenvalue weighted by atomic mass is 16.7. The number of H-pyrrole nitrogens is 1. The maximum Gasteiger partial charge on any atom is 0.345 e. The molecule has 0 saturated carbocycles. The fraction of sp³-hybridized carbons (Fsp3) is 0.400. The van der Waals surface area contributed by atoms with Gasteiger partial charge in [0.1, 0.15) is 17.1 Å². The summed E-state index contributed by atoms with van der Waals surface area (Å²) in [7, 11) is 0. The molecule has 1 aromatic heterocycles. The summed E-state index contributed by atoms with van der Waals surface area (Å²) in [6.07, 6.45) is 1.68. The van der Waals surface area contributed by atoms with Gasteiger partial charge in [-0.15, -0.1) is 0 Å². The molecule has 2 aliphatic heterocycles. The van der Waals surface area contributed by atoms with E-state index in [1.54, 1.807) is 4.90 Å². The molecule has 0 radical (unpaired) electrons. The Bertz CT molecular complexity index is 1210. The monoisotopic (exact) mass is 433 g/mol. The van der Waals surface area contributed by atoms with E-state index in [9.17, 15) is 9.59 Å². The number of aromatic nitrogens is 2. The van der Waals surface area contributed by atoms with Crippen LogP contribution < -0.4 is 4.74 Å². The number of aryl methyl sites for hydroxylation is 1. The number of likely N-dealkylation sites (tertiary alicyclic amines) is 1. The van der Waals surface area contributed by atoms with E-state index in [1.807, 2.05) is 43.3 Å². The van der Waals surface area contributed by atoms with Gasteiger partial charge < -0.3 is 19.4 Å². The number of nitrogens with one attached hydrogen (secondary N) is 1. The van der Waals surface area contributed by atoms with Crippen molar-refractivity contribution in [1.82, 2.24) is 14.9 Å². The number of imidazole rings is 1. The number of amides is 1. The van der Waals surface area contributed by atoms with Crippen LogP contribution in [0.15, 0.2) is 36.4 Å². The molecule has 1 spiro atoms. The summed E-state index contributed by atoms with van der Waals surface area (Å²) in [5.74, 6) is 0.364. The van der Waals surface area contributed by atoms with Crippen molar-refractivity contribution in [2.75, 3.05) is 13.1 Å². The van der Waals surface area contributed by atoms with Gasteiger partial charge in [0, 0.05) is 37.9 Å². The van der Waals surface area contributed by atoms with Crippen LogP contribution in [-0.2, 0) is 11.2 Å². The number of hydrogen-bond donors (Lipinski definition) is 1. The van der Waals surface area contributed by atoms with Crippen molar-refractivity contribution in [2.45, 2.75) is 51.7 Å². The first kappa shape index (κ1) is 20.5. The fourth-order valence-electron chi connectivity index (χ4n) is 4.40. The van der Waals surface area contributed by atoms with Crippen LogP contribution >= 0.6 is 0 Å². The number of rotatable bonds is 3. The van der Waals surface area contributed by atoms with E-state index < -0.39 is 5.79 Å². The summed E-state index contributed by atoms with van der Waals surface area (Å²) in [6, 6.07) is 11.2. The van der Waals surface area contributed by atoms with E-state index in [-0.39, 0.29) is 11.9 Å². The quantitative estimate of drug-likeness (QED) is 0.618. The molecule has 7 nitrogen and oxygen atoms in total. The van der Waals surface area contributed by atoms with Crippen LogP contribution in [0.4, 0.5) is 0 Å². The smallest absolute Gasteiger partial charge is 0.345 e. The van der Waals surface area contributed by atoms with E-state index in [0.717, 1.165) is 28.8 Å². The topological polar surface area (TPSA) is 84.5 Å². The third-order valence-corrected chi connectivity index (χ3v) is 6.39. The second-order valence-corrected chi connectivity index (χ2v) is 8.87. The first-order chi connectivity index (χ1) is 15.4. The number of nitrogens with zero attached hydrogens (tertiary/aromatic N) is 2. The van der Waals surface area contributed by atoms with Crippen LogP contribution in [0.1, 0.15) is 71.6 Å². The number of aromatic amines is 1. The summed E-state index contributed by atoms with van der Waals surface area (Å²) >= 11 is 0. The summed E-state index contributed by atoms with van der Waals surface area (Å²) in [4.78, 5) is 35.4. The lowest BCUT2D eigenvalue weighted by molar-refractivity contribution is -0.177. The predicted molar refractivity (Wildman–Crippen MR) is 120 cm³/mol. The molecule has 1 saturated heterocycles. The fourth-order valence-corrected chi connectivity index (χ4v) is 4.40. The number of carbonyl (C=O) groups is 2. The molecular weight excluding hydrogens is 406 g/mol. The molecule has 0 bridgehead atoms. The lowest BCUT2D eigenvalue weighted by Crippen LogP contribution is -2.53. The zero-order valence-corrected chi connectivity index (χ0v) is 18.6. The molecular formula is C25H27N3O4. The third kappa shape index (κ3) is 3.51. The van der Waals surface area contributed by atoms with Gasteiger partial charge in [-0.25, -0.2) is 9.78 Å². The zero-order valence-electron chi connectivity index (χ0n) is 18.6. The minimum absolute atomic E-state index is 0.0430. The second kappa shape index (κ2) is 7.65. The molecule has 32 heavy (non-hydrogen) atoms. The number of benzene rings is 2. The van der Waals surface area contributed by atoms with Gasteiger partial charge in [-0.2, -0.15) is 0 Å². The van der Waals surface area contributed by atoms with Crippen molar-refractivity contribution in [2.24, 2.45) is 0 Å². The molecule has 2 aliphatic rings. The summed E-state index contributed by atoms with van der Waals surface area (Å²) in [5, 5.41) is 0. The molecule has 5 rings (SSSR count). The van der Waals surface area contributed by atoms with Crippen LogP contribution in [0.5, 0.6) is 5.75 Å². The molecule has 7 heteroatoms. The number of esters is 1. The Morgan fingerprint density at radius 1 is 1.16 bits per heavy atom. The van der Waals surface area contributed by atoms with E-state index >= 15 is 0 Å². The van der Waals surface area contributed by atoms with Crippen LogP contribution in [-0.4, -0.2) is 45.6 Å². The SMILES string of the molecule is CCc1nc2ccc(C(=O)N3CCC4(CC3)OC(=O)c3cc(C(C)C)ccc3O4)cc2[nH]1. The Hall–Kier alpha value is -3.35. The zero-order chi connectivity index (χ0) is 22.5. The first-order valence-corrected chi connectivity index (χ1v) is 11.2. The molecule has 3 aromatic rings. The highest BCUT2D eigenvalue weighted by Gasteiger charge is 2.45. The lowest BCUT2D eigenvalue weighted by atomic mass is 9.97. The number of ether oxygens (including phenoxy) is 2. The highest BCUT2D eigenvalue weighted by molar-refractivity contribution is 5.97. The average molecular weight is 434 g/mol. The summed E-state index contributed by atoms with van der Waals surface area (Å²) in [6.45, 7) is 7.10. The Morgan fingerprint density at radius 2 is 1.94 bits per heavy atom. The molecule has 0 atom stereocenters. The van der Waals surface area contributed by atoms with E-state index in [0.29, 0.717) is 48.7 Å². The molecule has 1 N–H and O–H groups in total. The summed E-state index contributed by atoms with van der Waals surface area (Å²) in [5.41, 5.74) is 3.88. The van der Waals surface area contributed by atoms with Crippen molar-refractivity contribution in [1.29, 1.82) is 0 Å². The number of hydrogen-bond acceptors (Lipinski definition) is 5. The normalized spacial score (nSPS) is 17.4. The van der Waals surface area contributed by atoms with Gasteiger partial charge in [-0.3, -0.25) is 4.79 Å². The van der Waals surface area contributed by atoms with Gasteiger partial charge in [0.15, 0.2) is 0 Å². The van der Waals surface area contributed by atoms with Crippen molar-refractivity contribution in [3.05, 3.63) is 58.9 Å². The van der Waals surface area contributed by atoms with E-state index in [2.05, 4.69) is 23.8 Å². The minimum atomic E-state index is -1.01. The first-order valence-electron chi connectivity index (χ1n) is 11.2. The summed E-state index contributed by atoms with van der Waals surface area (Å²) < 4.78 is 11.9. The van der Waals surface area contributed by atoms with Crippen molar-refractivity contribution < 1.29 is 19.1 Å². The van der Waals surface area contributed by atoms with Gasteiger partial charge in [0.05, 0.1) is 11.0 Å². The third-order valence-electron chi connectivity index (χ3n) is 6.39. The molecule has 1 amide bonds. The Kier molecular flexibility index (Phi) is 4.92.